The third-order valence-corrected chi connectivity index (χ3v) is 4.47. The van der Waals surface area contributed by atoms with Crippen LogP contribution >= 0.6 is 0 Å². The van der Waals surface area contributed by atoms with E-state index in [1.54, 1.807) is 0 Å². The molecule has 0 aromatic heterocycles. The van der Waals surface area contributed by atoms with Crippen molar-refractivity contribution >= 4 is 0 Å². The third kappa shape index (κ3) is 3.56. The average Bonchev–Trinajstić information content (AvgIpc) is 2.68. The SMILES string of the molecule is OC(CCC(O)(c1ccccc1)c1ccccc1)c1ccccc1. The van der Waals surface area contributed by atoms with Crippen LogP contribution in [0.25, 0.3) is 0 Å². The first-order chi connectivity index (χ1) is 11.7. The lowest BCUT2D eigenvalue weighted by molar-refractivity contribution is 0.0481. The van der Waals surface area contributed by atoms with E-state index in [-0.39, 0.29) is 0 Å². The van der Waals surface area contributed by atoms with Crippen molar-refractivity contribution in [1.29, 1.82) is 0 Å². The normalized spacial score (nSPS) is 12.8. The highest BCUT2D eigenvalue weighted by molar-refractivity contribution is 5.36. The zero-order valence-corrected chi connectivity index (χ0v) is 13.5. The van der Waals surface area contributed by atoms with Gasteiger partial charge in [0.05, 0.1) is 6.10 Å². The van der Waals surface area contributed by atoms with E-state index >= 15 is 0 Å². The molecule has 0 amide bonds. The van der Waals surface area contributed by atoms with Crippen molar-refractivity contribution in [3.05, 3.63) is 108 Å². The van der Waals surface area contributed by atoms with Crippen molar-refractivity contribution in [1.82, 2.24) is 0 Å². The Morgan fingerprint density at radius 1 is 0.667 bits per heavy atom. The first kappa shape index (κ1) is 16.4. The van der Waals surface area contributed by atoms with Crippen molar-refractivity contribution in [2.24, 2.45) is 0 Å². The summed E-state index contributed by atoms with van der Waals surface area (Å²) >= 11 is 0. The van der Waals surface area contributed by atoms with Gasteiger partial charge in [0.2, 0.25) is 0 Å². The lowest BCUT2D eigenvalue weighted by Gasteiger charge is -2.30. The van der Waals surface area contributed by atoms with Gasteiger partial charge in [-0.05, 0) is 29.5 Å². The van der Waals surface area contributed by atoms with E-state index in [2.05, 4.69) is 0 Å². The Balaban J connectivity index is 1.86. The Labute approximate surface area is 143 Å². The second kappa shape index (κ2) is 7.43. The lowest BCUT2D eigenvalue weighted by atomic mass is 9.81. The van der Waals surface area contributed by atoms with Gasteiger partial charge in [-0.3, -0.25) is 0 Å². The topological polar surface area (TPSA) is 40.5 Å². The predicted molar refractivity (Wildman–Crippen MR) is 96.5 cm³/mol. The number of hydrogen-bond acceptors (Lipinski definition) is 2. The molecule has 0 aliphatic heterocycles. The van der Waals surface area contributed by atoms with Crippen LogP contribution < -0.4 is 0 Å². The molecule has 3 rings (SSSR count). The van der Waals surface area contributed by atoms with Crippen LogP contribution in [0.5, 0.6) is 0 Å². The molecule has 3 aromatic rings. The fourth-order valence-electron chi connectivity index (χ4n) is 3.07. The molecule has 0 aliphatic rings. The number of benzene rings is 3. The maximum atomic E-state index is 11.4. The second-order valence-electron chi connectivity index (χ2n) is 6.06. The van der Waals surface area contributed by atoms with Gasteiger partial charge in [-0.2, -0.15) is 0 Å². The molecule has 2 N–H and O–H groups in total. The molecule has 3 aromatic carbocycles. The smallest absolute Gasteiger partial charge is 0.115 e. The predicted octanol–water partition coefficient (Wildman–Crippen LogP) is 4.44. The molecule has 0 saturated heterocycles. The van der Waals surface area contributed by atoms with Gasteiger partial charge in [0, 0.05) is 0 Å². The fourth-order valence-corrected chi connectivity index (χ4v) is 3.07. The van der Waals surface area contributed by atoms with Crippen molar-refractivity contribution in [2.75, 3.05) is 0 Å². The summed E-state index contributed by atoms with van der Waals surface area (Å²) in [6.45, 7) is 0. The average molecular weight is 318 g/mol. The Morgan fingerprint density at radius 2 is 1.08 bits per heavy atom. The summed E-state index contributed by atoms with van der Waals surface area (Å²) in [5.74, 6) is 0. The molecule has 2 heteroatoms. The molecule has 2 nitrogen and oxygen atoms in total. The molecule has 0 saturated carbocycles. The Bertz CT molecular complexity index is 699. The van der Waals surface area contributed by atoms with Crippen LogP contribution in [0.4, 0.5) is 0 Å². The molecule has 24 heavy (non-hydrogen) atoms. The van der Waals surface area contributed by atoms with Crippen molar-refractivity contribution in [3.63, 3.8) is 0 Å². The van der Waals surface area contributed by atoms with Crippen molar-refractivity contribution in [2.45, 2.75) is 24.5 Å². The number of rotatable bonds is 6. The Kier molecular flexibility index (Phi) is 5.09. The highest BCUT2D eigenvalue weighted by Gasteiger charge is 2.31. The molecule has 122 valence electrons. The minimum absolute atomic E-state index is 0.442. The maximum absolute atomic E-state index is 11.4. The molecule has 0 bridgehead atoms. The van der Waals surface area contributed by atoms with Crippen LogP contribution in [-0.2, 0) is 5.60 Å². The van der Waals surface area contributed by atoms with Gasteiger partial charge in [0.25, 0.3) is 0 Å². The van der Waals surface area contributed by atoms with E-state index in [0.29, 0.717) is 12.8 Å². The van der Waals surface area contributed by atoms with E-state index in [1.165, 1.54) is 0 Å². The third-order valence-electron chi connectivity index (χ3n) is 4.47. The molecule has 0 spiro atoms. The van der Waals surface area contributed by atoms with E-state index in [1.807, 2.05) is 91.0 Å². The maximum Gasteiger partial charge on any atom is 0.115 e. The summed E-state index contributed by atoms with van der Waals surface area (Å²) < 4.78 is 0. The lowest BCUT2D eigenvalue weighted by Crippen LogP contribution is -2.28. The summed E-state index contributed by atoms with van der Waals surface area (Å²) in [5.41, 5.74) is 1.45. The standard InChI is InChI=1S/C22H22O2/c23-21(18-10-4-1-5-11-18)16-17-22(24,19-12-6-2-7-13-19)20-14-8-3-9-15-20/h1-15,21,23-24H,16-17H2. The van der Waals surface area contributed by atoms with Crippen LogP contribution in [-0.4, -0.2) is 10.2 Å². The monoisotopic (exact) mass is 318 g/mol. The van der Waals surface area contributed by atoms with Gasteiger partial charge in [-0.25, -0.2) is 0 Å². The number of aliphatic hydroxyl groups excluding tert-OH is 1. The fraction of sp³-hybridized carbons (Fsp3) is 0.182. The van der Waals surface area contributed by atoms with Crippen molar-refractivity contribution < 1.29 is 10.2 Å². The molecule has 0 fully saturated rings. The Hall–Kier alpha value is -2.42. The van der Waals surface area contributed by atoms with Gasteiger partial charge >= 0.3 is 0 Å². The van der Waals surface area contributed by atoms with Crippen molar-refractivity contribution in [3.8, 4) is 0 Å². The molecular formula is C22H22O2. The summed E-state index contributed by atoms with van der Waals surface area (Å²) in [4.78, 5) is 0. The summed E-state index contributed by atoms with van der Waals surface area (Å²) in [6, 6.07) is 28.9. The van der Waals surface area contributed by atoms with Gasteiger partial charge < -0.3 is 10.2 Å². The van der Waals surface area contributed by atoms with Gasteiger partial charge in [0.15, 0.2) is 0 Å². The molecular weight excluding hydrogens is 296 g/mol. The summed E-state index contributed by atoms with van der Waals surface area (Å²) in [6.07, 6.45) is 0.326. The number of hydrogen-bond donors (Lipinski definition) is 2. The zero-order valence-electron chi connectivity index (χ0n) is 13.5. The van der Waals surface area contributed by atoms with Gasteiger partial charge in [0.1, 0.15) is 5.60 Å². The first-order valence-corrected chi connectivity index (χ1v) is 8.26. The quantitative estimate of drug-likeness (QED) is 0.705. The molecule has 1 unspecified atom stereocenters. The van der Waals surface area contributed by atoms with Crippen LogP contribution in [0, 0.1) is 0 Å². The van der Waals surface area contributed by atoms with Crippen LogP contribution in [0.2, 0.25) is 0 Å². The van der Waals surface area contributed by atoms with E-state index in [9.17, 15) is 10.2 Å². The summed E-state index contributed by atoms with van der Waals surface area (Å²) in [7, 11) is 0. The first-order valence-electron chi connectivity index (χ1n) is 8.26. The molecule has 1 atom stereocenters. The minimum Gasteiger partial charge on any atom is -0.388 e. The van der Waals surface area contributed by atoms with Gasteiger partial charge in [-0.1, -0.05) is 91.0 Å². The molecule has 0 heterocycles. The largest absolute Gasteiger partial charge is 0.388 e. The van der Waals surface area contributed by atoms with E-state index < -0.39 is 11.7 Å². The highest BCUT2D eigenvalue weighted by Crippen LogP contribution is 2.36. The summed E-state index contributed by atoms with van der Waals surface area (Å²) in [5, 5.41) is 21.9. The van der Waals surface area contributed by atoms with E-state index in [4.69, 9.17) is 0 Å². The Morgan fingerprint density at radius 3 is 1.54 bits per heavy atom. The molecule has 0 aliphatic carbocycles. The zero-order chi connectivity index (χ0) is 16.8. The molecule has 0 radical (unpaired) electrons. The van der Waals surface area contributed by atoms with Gasteiger partial charge in [-0.15, -0.1) is 0 Å². The van der Waals surface area contributed by atoms with Crippen LogP contribution in [0.15, 0.2) is 91.0 Å². The highest BCUT2D eigenvalue weighted by atomic mass is 16.3. The van der Waals surface area contributed by atoms with Crippen LogP contribution in [0.3, 0.4) is 0 Å². The van der Waals surface area contributed by atoms with Crippen LogP contribution in [0.1, 0.15) is 35.6 Å². The number of aliphatic hydroxyl groups is 2. The van der Waals surface area contributed by atoms with E-state index in [0.717, 1.165) is 16.7 Å². The second-order valence-corrected chi connectivity index (χ2v) is 6.06. The minimum atomic E-state index is -1.11.